The van der Waals surface area contributed by atoms with Crippen LogP contribution in [0.25, 0.3) is 0 Å². The second kappa shape index (κ2) is 10.6. The van der Waals surface area contributed by atoms with Crippen molar-refractivity contribution in [1.29, 1.82) is 0 Å². The van der Waals surface area contributed by atoms with Crippen molar-refractivity contribution in [3.63, 3.8) is 0 Å². The number of likely N-dealkylation sites (N-methyl/N-ethyl adjacent to an activating group) is 1. The molecule has 0 aromatic carbocycles. The number of nitrogens with zero attached hydrogens (tertiary/aromatic N) is 4. The minimum absolute atomic E-state index is 0. The molecule has 1 aromatic heterocycles. The van der Waals surface area contributed by atoms with Gasteiger partial charge in [-0.2, -0.15) is 4.98 Å². The molecule has 8 nitrogen and oxygen atoms in total. The summed E-state index contributed by atoms with van der Waals surface area (Å²) >= 11 is 0. The van der Waals surface area contributed by atoms with Crippen LogP contribution in [0.2, 0.25) is 0 Å². The molecule has 156 valence electrons. The van der Waals surface area contributed by atoms with Crippen LogP contribution in [0.4, 0.5) is 0 Å². The fourth-order valence-electron chi connectivity index (χ4n) is 3.43. The summed E-state index contributed by atoms with van der Waals surface area (Å²) in [6, 6.07) is 0.0772. The van der Waals surface area contributed by atoms with E-state index in [1.807, 2.05) is 25.7 Å². The van der Waals surface area contributed by atoms with Crippen molar-refractivity contribution in [3.05, 3.63) is 11.7 Å². The molecule has 10 heteroatoms. The van der Waals surface area contributed by atoms with Crippen LogP contribution in [0.5, 0.6) is 0 Å². The maximum atomic E-state index is 12.7. The van der Waals surface area contributed by atoms with Crippen LogP contribution >= 0.6 is 24.8 Å². The van der Waals surface area contributed by atoms with Crippen molar-refractivity contribution in [2.24, 2.45) is 0 Å². The maximum Gasteiger partial charge on any atom is 0.242 e. The van der Waals surface area contributed by atoms with Gasteiger partial charge in [0.1, 0.15) is 6.04 Å². The van der Waals surface area contributed by atoms with E-state index in [1.54, 1.807) is 0 Å². The Labute approximate surface area is 173 Å². The van der Waals surface area contributed by atoms with Crippen LogP contribution in [0.3, 0.4) is 0 Å². The van der Waals surface area contributed by atoms with Gasteiger partial charge < -0.3 is 19.5 Å². The Hall–Kier alpha value is -0.930. The molecule has 0 spiro atoms. The van der Waals surface area contributed by atoms with Crippen LogP contribution in [-0.2, 0) is 16.1 Å². The summed E-state index contributed by atoms with van der Waals surface area (Å²) in [7, 11) is 2.05. The summed E-state index contributed by atoms with van der Waals surface area (Å²) in [5.74, 6) is 1.75. The third kappa shape index (κ3) is 5.77. The molecule has 0 bridgehead atoms. The highest BCUT2D eigenvalue weighted by Gasteiger charge is 2.36. The minimum Gasteiger partial charge on any atom is -0.375 e. The predicted molar refractivity (Wildman–Crippen MR) is 107 cm³/mol. The molecular formula is C17H31Cl2N5O3. The highest BCUT2D eigenvalue weighted by molar-refractivity contribution is 5.85. The number of rotatable bonds is 5. The largest absolute Gasteiger partial charge is 0.375 e. The second-order valence-electron chi connectivity index (χ2n) is 7.35. The first-order chi connectivity index (χ1) is 12.0. The smallest absolute Gasteiger partial charge is 0.242 e. The summed E-state index contributed by atoms with van der Waals surface area (Å²) in [6.45, 7) is 9.56. The van der Waals surface area contributed by atoms with E-state index in [-0.39, 0.29) is 48.8 Å². The van der Waals surface area contributed by atoms with Crippen LogP contribution < -0.4 is 5.32 Å². The Kier molecular flexibility index (Phi) is 9.44. The highest BCUT2D eigenvalue weighted by atomic mass is 35.5. The molecule has 27 heavy (non-hydrogen) atoms. The number of hydrogen-bond acceptors (Lipinski definition) is 7. The first kappa shape index (κ1) is 24.1. The number of amides is 1. The van der Waals surface area contributed by atoms with E-state index in [9.17, 15) is 4.79 Å². The average molecular weight is 424 g/mol. The number of carbonyl (C=O) groups is 1. The first-order valence-corrected chi connectivity index (χ1v) is 9.12. The predicted octanol–water partition coefficient (Wildman–Crippen LogP) is 1.45. The lowest BCUT2D eigenvalue weighted by Gasteiger charge is -2.32. The molecule has 3 atom stereocenters. The number of halogens is 2. The Morgan fingerprint density at radius 2 is 2.15 bits per heavy atom. The van der Waals surface area contributed by atoms with Gasteiger partial charge in [0.25, 0.3) is 0 Å². The van der Waals surface area contributed by atoms with E-state index < -0.39 is 0 Å². The van der Waals surface area contributed by atoms with Gasteiger partial charge in [-0.05, 0) is 20.4 Å². The third-order valence-corrected chi connectivity index (χ3v) is 5.05. The summed E-state index contributed by atoms with van der Waals surface area (Å²) in [6.07, 6.45) is 0.880. The highest BCUT2D eigenvalue weighted by Crippen LogP contribution is 2.19. The maximum absolute atomic E-state index is 12.7. The van der Waals surface area contributed by atoms with E-state index >= 15 is 0 Å². The monoisotopic (exact) mass is 423 g/mol. The van der Waals surface area contributed by atoms with Gasteiger partial charge in [0.15, 0.2) is 5.82 Å². The molecule has 2 fully saturated rings. The minimum atomic E-state index is -0.233. The summed E-state index contributed by atoms with van der Waals surface area (Å²) < 4.78 is 10.9. The Balaban J connectivity index is 0.00000182. The zero-order valence-electron chi connectivity index (χ0n) is 16.4. The van der Waals surface area contributed by atoms with Crippen LogP contribution in [0.1, 0.15) is 44.8 Å². The van der Waals surface area contributed by atoms with Gasteiger partial charge in [-0.3, -0.25) is 9.69 Å². The van der Waals surface area contributed by atoms with Crippen molar-refractivity contribution < 1.29 is 14.1 Å². The molecular weight excluding hydrogens is 393 g/mol. The van der Waals surface area contributed by atoms with Crippen molar-refractivity contribution in [1.82, 2.24) is 25.3 Å². The first-order valence-electron chi connectivity index (χ1n) is 9.12. The molecule has 3 rings (SSSR count). The van der Waals surface area contributed by atoms with Gasteiger partial charge >= 0.3 is 0 Å². The van der Waals surface area contributed by atoms with Crippen molar-refractivity contribution in [2.45, 2.75) is 57.8 Å². The lowest BCUT2D eigenvalue weighted by atomic mass is 10.1. The summed E-state index contributed by atoms with van der Waals surface area (Å²) in [5, 5.41) is 7.33. The zero-order chi connectivity index (χ0) is 18.0. The van der Waals surface area contributed by atoms with E-state index in [0.29, 0.717) is 30.9 Å². The molecule has 0 aliphatic carbocycles. The van der Waals surface area contributed by atoms with Crippen LogP contribution in [0, 0.1) is 0 Å². The molecule has 0 radical (unpaired) electrons. The Morgan fingerprint density at radius 1 is 1.41 bits per heavy atom. The Bertz CT molecular complexity index is 601. The van der Waals surface area contributed by atoms with E-state index in [4.69, 9.17) is 9.26 Å². The van der Waals surface area contributed by atoms with Crippen molar-refractivity contribution >= 4 is 30.7 Å². The molecule has 2 aliphatic rings. The van der Waals surface area contributed by atoms with Gasteiger partial charge in [0, 0.05) is 31.6 Å². The molecule has 1 unspecified atom stereocenters. The van der Waals surface area contributed by atoms with Crippen molar-refractivity contribution in [2.75, 3.05) is 33.3 Å². The number of likely N-dealkylation sites (tertiary alicyclic amines) is 1. The number of morpholine rings is 1. The molecule has 1 N–H and O–H groups in total. The molecule has 1 aromatic rings. The zero-order valence-corrected chi connectivity index (χ0v) is 18.0. The van der Waals surface area contributed by atoms with E-state index in [0.717, 1.165) is 26.1 Å². The van der Waals surface area contributed by atoms with E-state index in [2.05, 4.69) is 27.4 Å². The average Bonchev–Trinajstić information content (AvgIpc) is 3.24. The van der Waals surface area contributed by atoms with E-state index in [1.165, 1.54) is 0 Å². The second-order valence-corrected chi connectivity index (χ2v) is 7.35. The molecule has 2 aliphatic heterocycles. The lowest BCUT2D eigenvalue weighted by molar-refractivity contribution is -0.138. The fourth-order valence-corrected chi connectivity index (χ4v) is 3.43. The van der Waals surface area contributed by atoms with Crippen LogP contribution in [0.15, 0.2) is 4.52 Å². The topological polar surface area (TPSA) is 83.7 Å². The lowest BCUT2D eigenvalue weighted by Crippen LogP contribution is -2.56. The van der Waals surface area contributed by atoms with Crippen LogP contribution in [-0.4, -0.2) is 77.3 Å². The summed E-state index contributed by atoms with van der Waals surface area (Å²) in [5.41, 5.74) is 0. The van der Waals surface area contributed by atoms with Gasteiger partial charge in [-0.1, -0.05) is 19.0 Å². The summed E-state index contributed by atoms with van der Waals surface area (Å²) in [4.78, 5) is 21.3. The molecule has 3 heterocycles. The number of nitrogens with one attached hydrogen (secondary N) is 1. The molecule has 1 amide bonds. The fraction of sp³-hybridized carbons (Fsp3) is 0.824. The van der Waals surface area contributed by atoms with Gasteiger partial charge in [-0.25, -0.2) is 0 Å². The number of hydrogen-bond donors (Lipinski definition) is 1. The number of carbonyl (C=O) groups excluding carboxylic acids is 1. The number of aromatic nitrogens is 2. The third-order valence-electron chi connectivity index (χ3n) is 5.05. The van der Waals surface area contributed by atoms with Gasteiger partial charge in [0.05, 0.1) is 19.3 Å². The standard InChI is InChI=1S/C17H29N5O3.2ClH/c1-11(2)16-19-14(20-25-16)10-21(4)13-5-7-22(9-13)17(23)15-12(3)24-8-6-18-15;;/h11-13,15,18H,5-10H2,1-4H3;2*1H/t12-,13?,15+;;/m1../s1. The molecule has 0 saturated carbocycles. The molecule has 2 saturated heterocycles. The van der Waals surface area contributed by atoms with Gasteiger partial charge in [-0.15, -0.1) is 24.8 Å². The Morgan fingerprint density at radius 3 is 2.78 bits per heavy atom. The number of ether oxygens (including phenoxy) is 1. The van der Waals surface area contributed by atoms with Crippen molar-refractivity contribution in [3.8, 4) is 0 Å². The SMILES string of the molecule is CC(C)c1nc(CN(C)C2CCN(C(=O)[C@H]3NCCO[C@@H]3C)C2)no1.Cl.Cl. The van der Waals surface area contributed by atoms with Gasteiger partial charge in [0.2, 0.25) is 11.8 Å². The quantitative estimate of drug-likeness (QED) is 0.766. The normalized spacial score (nSPS) is 25.4.